The zero-order valence-corrected chi connectivity index (χ0v) is 38.1. The maximum Gasteiger partial charge on any atom is 0.159 e. The molecule has 11 aromatic carbocycles. The summed E-state index contributed by atoms with van der Waals surface area (Å²) in [4.78, 5) is 7.27. The van der Waals surface area contributed by atoms with Gasteiger partial charge in [0, 0.05) is 73.9 Å². The second-order valence-corrected chi connectivity index (χ2v) is 19.9. The van der Waals surface area contributed by atoms with Gasteiger partial charge in [-0.2, -0.15) is 0 Å². The van der Waals surface area contributed by atoms with Crippen LogP contribution in [0.15, 0.2) is 229 Å². The molecule has 0 fully saturated rings. The Kier molecular flexibility index (Phi) is 8.07. The van der Waals surface area contributed by atoms with Crippen molar-refractivity contribution in [3.63, 3.8) is 0 Å². The van der Waals surface area contributed by atoms with Crippen LogP contribution in [-0.4, -0.2) is 0 Å². The highest BCUT2D eigenvalue weighted by molar-refractivity contribution is 7.26. The predicted molar refractivity (Wildman–Crippen MR) is 292 cm³/mol. The van der Waals surface area contributed by atoms with Crippen molar-refractivity contribution in [2.24, 2.45) is 0 Å². The summed E-state index contributed by atoms with van der Waals surface area (Å²) in [7, 11) is 0. The van der Waals surface area contributed by atoms with Gasteiger partial charge in [0.15, 0.2) is 11.2 Å². The van der Waals surface area contributed by atoms with Crippen LogP contribution in [0.5, 0.6) is 0 Å². The summed E-state index contributed by atoms with van der Waals surface area (Å²) in [5.41, 5.74) is 11.0. The van der Waals surface area contributed by atoms with Crippen molar-refractivity contribution in [1.29, 1.82) is 0 Å². The molecule has 0 saturated heterocycles. The monoisotopic (exact) mass is 903 g/mol. The van der Waals surface area contributed by atoms with E-state index in [1.165, 1.54) is 61.9 Å². The first-order valence-electron chi connectivity index (χ1n) is 23.0. The lowest BCUT2D eigenvalue weighted by atomic mass is 10.0. The van der Waals surface area contributed by atoms with Crippen molar-refractivity contribution >= 4 is 158 Å². The number of rotatable bonds is 5. The van der Waals surface area contributed by atoms with Gasteiger partial charge < -0.3 is 19.1 Å². The predicted octanol–water partition coefficient (Wildman–Crippen LogP) is 19.4. The number of thiophene rings is 2. The fourth-order valence-electron chi connectivity index (χ4n) is 10.7. The third-order valence-corrected chi connectivity index (χ3v) is 16.1. The molecule has 3 aromatic heterocycles. The van der Waals surface area contributed by atoms with E-state index in [9.17, 15) is 0 Å². The number of fused-ring (bicyclic) bond motifs is 11. The summed E-state index contributed by atoms with van der Waals surface area (Å²) in [5, 5.41) is 11.9. The van der Waals surface area contributed by atoms with Crippen LogP contribution in [-0.2, 0) is 0 Å². The van der Waals surface area contributed by atoms with Crippen molar-refractivity contribution in [2.45, 2.75) is 0 Å². The first kappa shape index (κ1) is 37.8. The van der Waals surface area contributed by atoms with E-state index in [4.69, 9.17) is 4.42 Å². The molecule has 4 bridgehead atoms. The van der Waals surface area contributed by atoms with Crippen molar-refractivity contribution in [2.75, 3.05) is 14.7 Å². The minimum absolute atomic E-state index is 0.847. The number of benzene rings is 11. The summed E-state index contributed by atoms with van der Waals surface area (Å²) in [6.07, 6.45) is 0. The van der Waals surface area contributed by atoms with E-state index in [-0.39, 0.29) is 0 Å². The van der Waals surface area contributed by atoms with Gasteiger partial charge in [-0.15, -0.1) is 22.7 Å². The molecule has 6 heteroatoms. The van der Waals surface area contributed by atoms with E-state index in [1.54, 1.807) is 0 Å². The Morgan fingerprint density at radius 3 is 1.25 bits per heavy atom. The Morgan fingerprint density at radius 2 is 0.735 bits per heavy atom. The Morgan fingerprint density at radius 1 is 0.294 bits per heavy atom. The zero-order chi connectivity index (χ0) is 44.5. The third-order valence-electron chi connectivity index (χ3n) is 13.8. The molecule has 0 aliphatic carbocycles. The van der Waals surface area contributed by atoms with E-state index >= 15 is 0 Å². The molecule has 0 amide bonds. The molecule has 14 aromatic rings. The van der Waals surface area contributed by atoms with Gasteiger partial charge in [0.05, 0.1) is 28.4 Å². The Bertz CT molecular complexity index is 4120. The number of nitrogens with zero attached hydrogens (tertiary/aromatic N) is 3. The highest BCUT2D eigenvalue weighted by atomic mass is 32.1. The van der Waals surface area contributed by atoms with Crippen LogP contribution in [0.4, 0.5) is 51.2 Å². The molecule has 1 aliphatic rings. The van der Waals surface area contributed by atoms with Gasteiger partial charge >= 0.3 is 0 Å². The second kappa shape index (κ2) is 14.5. The molecule has 0 N–H and O–H groups in total. The number of hydrogen-bond acceptors (Lipinski definition) is 6. The number of hydrogen-bond donors (Lipinski definition) is 0. The van der Waals surface area contributed by atoms with Crippen LogP contribution < -0.4 is 14.7 Å². The fourth-order valence-corrected chi connectivity index (χ4v) is 12.9. The van der Waals surface area contributed by atoms with Gasteiger partial charge in [-0.1, -0.05) is 121 Å². The van der Waals surface area contributed by atoms with E-state index in [2.05, 4.69) is 239 Å². The molecule has 15 rings (SSSR count). The molecule has 0 unspecified atom stereocenters. The van der Waals surface area contributed by atoms with Crippen LogP contribution in [0.1, 0.15) is 0 Å². The van der Waals surface area contributed by atoms with E-state index < -0.39 is 0 Å². The van der Waals surface area contributed by atoms with Crippen LogP contribution in [0.2, 0.25) is 0 Å². The van der Waals surface area contributed by atoms with Gasteiger partial charge in [0.2, 0.25) is 0 Å². The Balaban J connectivity index is 1.07. The quantitative estimate of drug-likeness (QED) is 0.172. The lowest BCUT2D eigenvalue weighted by molar-refractivity contribution is 0.669. The summed E-state index contributed by atoms with van der Waals surface area (Å²) < 4.78 is 12.4. The first-order valence-corrected chi connectivity index (χ1v) is 24.6. The molecule has 4 heterocycles. The molecular weight excluding hydrogens is 867 g/mol. The molecule has 318 valence electrons. The lowest BCUT2D eigenvalue weighted by Gasteiger charge is -2.33. The minimum atomic E-state index is 0.847. The maximum absolute atomic E-state index is 7.28. The molecular formula is C62H37N3OS2. The molecule has 0 radical (unpaired) electrons. The fraction of sp³-hybridized carbons (Fsp3) is 0. The van der Waals surface area contributed by atoms with E-state index in [0.717, 1.165) is 73.1 Å². The lowest BCUT2D eigenvalue weighted by Crippen LogP contribution is -2.17. The first-order chi connectivity index (χ1) is 33.7. The smallest absolute Gasteiger partial charge is 0.159 e. The summed E-state index contributed by atoms with van der Waals surface area (Å²) in [5.74, 6) is 0. The van der Waals surface area contributed by atoms with Gasteiger partial charge in [-0.05, 0) is 125 Å². The normalized spacial score (nSPS) is 12.6. The summed E-state index contributed by atoms with van der Waals surface area (Å²) in [6.45, 7) is 0. The van der Waals surface area contributed by atoms with Crippen LogP contribution in [0.3, 0.4) is 0 Å². The Labute approximate surface area is 399 Å². The van der Waals surface area contributed by atoms with Gasteiger partial charge in [-0.3, -0.25) is 0 Å². The Hall–Kier alpha value is -8.42. The molecule has 0 atom stereocenters. The van der Waals surface area contributed by atoms with Crippen molar-refractivity contribution in [3.8, 4) is 0 Å². The molecule has 68 heavy (non-hydrogen) atoms. The third kappa shape index (κ3) is 5.72. The van der Waals surface area contributed by atoms with Crippen LogP contribution in [0, 0.1) is 0 Å². The number of anilines is 9. The molecule has 0 saturated carbocycles. The van der Waals surface area contributed by atoms with Crippen molar-refractivity contribution < 1.29 is 4.42 Å². The minimum Gasteiger partial charge on any atom is -0.452 e. The number of para-hydroxylation sites is 2. The average molecular weight is 904 g/mol. The summed E-state index contributed by atoms with van der Waals surface area (Å²) >= 11 is 3.69. The van der Waals surface area contributed by atoms with Gasteiger partial charge in [0.25, 0.3) is 0 Å². The topological polar surface area (TPSA) is 22.9 Å². The average Bonchev–Trinajstić information content (AvgIpc) is 4.08. The second-order valence-electron chi connectivity index (χ2n) is 17.7. The van der Waals surface area contributed by atoms with Gasteiger partial charge in [-0.25, -0.2) is 0 Å². The zero-order valence-electron chi connectivity index (χ0n) is 36.4. The van der Waals surface area contributed by atoms with Crippen molar-refractivity contribution in [3.05, 3.63) is 224 Å². The van der Waals surface area contributed by atoms with Crippen LogP contribution in [0.25, 0.3) is 83.8 Å². The molecule has 4 nitrogen and oxygen atoms in total. The SMILES string of the molecule is c1ccc2cc(N(c3cc4cc(c3)N(c3ccc5sc6ccccc6c5c3)c3cccc5c3oc3c(cccc35)N4c3ccc4sc5ccccc5c4c3)c3ccc4ccccc4c3)ccc2c1. The highest BCUT2D eigenvalue weighted by Gasteiger charge is 2.29. The number of furan rings is 1. The molecule has 1 aliphatic heterocycles. The van der Waals surface area contributed by atoms with E-state index in [0.29, 0.717) is 0 Å². The summed E-state index contributed by atoms with van der Waals surface area (Å²) in [6, 6.07) is 82.6. The maximum atomic E-state index is 7.28. The highest BCUT2D eigenvalue weighted by Crippen LogP contribution is 2.53. The standard InChI is InChI=1S/C62H37N3OS2/c1-3-13-40-31-42(25-23-38(40)11-1)63(43-26-24-39-12-2-4-14-41(39)32-43)46-33-47-35-48(34-46)65(45-28-30-60-54(37-45)50-16-6-8-22-58(50)68-60)56-20-10-18-52-51-17-9-19-55(61(51)66-62(52)56)64(47)44-27-29-59-53(36-44)49-15-5-7-21-57(49)67-59/h1-37H. The van der Waals surface area contributed by atoms with E-state index in [1.807, 2.05) is 22.7 Å². The van der Waals surface area contributed by atoms with Crippen LogP contribution >= 0.6 is 22.7 Å². The van der Waals surface area contributed by atoms with Gasteiger partial charge in [0.1, 0.15) is 0 Å². The molecule has 0 spiro atoms. The van der Waals surface area contributed by atoms with Crippen molar-refractivity contribution in [1.82, 2.24) is 0 Å². The largest absolute Gasteiger partial charge is 0.452 e.